The Morgan fingerprint density at radius 2 is 1.19 bits per heavy atom. The summed E-state index contributed by atoms with van der Waals surface area (Å²) in [5.41, 5.74) is 2.35. The molecule has 0 nitrogen and oxygen atoms in total. The molecule has 0 aromatic heterocycles. The highest BCUT2D eigenvalue weighted by Gasteiger charge is 2.06. The van der Waals surface area contributed by atoms with Crippen molar-refractivity contribution in [1.82, 2.24) is 0 Å². The summed E-state index contributed by atoms with van der Waals surface area (Å²) >= 11 is 14.0. The minimum atomic E-state index is 1.04. The predicted molar refractivity (Wildman–Crippen MR) is 82.7 cm³/mol. The van der Waals surface area contributed by atoms with Gasteiger partial charge in [-0.25, -0.2) is 0 Å². The van der Waals surface area contributed by atoms with Crippen LogP contribution in [0.4, 0.5) is 0 Å². The molecule has 0 bridgehead atoms. The number of halogens is 4. The summed E-state index contributed by atoms with van der Waals surface area (Å²) in [7, 11) is 0. The molecule has 4 heteroatoms. The molecule has 0 saturated carbocycles. The van der Waals surface area contributed by atoms with E-state index < -0.39 is 0 Å². The second kappa shape index (κ2) is 5.34. The largest absolute Gasteiger partial charge is 0.0532 e. The molecule has 0 unspecified atom stereocenters. The van der Waals surface area contributed by atoms with Gasteiger partial charge in [-0.05, 0) is 67.3 Å². The van der Waals surface area contributed by atoms with Crippen LogP contribution in [0.3, 0.4) is 0 Å². The van der Waals surface area contributed by atoms with Gasteiger partial charge in [0.15, 0.2) is 0 Å². The highest BCUT2D eigenvalue weighted by Crippen LogP contribution is 2.36. The van der Waals surface area contributed by atoms with Gasteiger partial charge in [0, 0.05) is 17.9 Å². The van der Waals surface area contributed by atoms with Crippen LogP contribution in [0.25, 0.3) is 11.1 Å². The normalized spacial score (nSPS) is 10.5. The number of hydrogen-bond acceptors (Lipinski definition) is 0. The molecule has 0 aliphatic carbocycles. The monoisotopic (exact) mass is 466 g/mol. The number of rotatable bonds is 1. The average Bonchev–Trinajstić information content (AvgIpc) is 2.25. The van der Waals surface area contributed by atoms with Gasteiger partial charge in [-0.15, -0.1) is 0 Å². The Hall–Kier alpha value is 0.360. The third-order valence-corrected chi connectivity index (χ3v) is 5.19. The maximum absolute atomic E-state index is 3.57. The second-order valence-electron chi connectivity index (χ2n) is 3.25. The molecular formula is C12H6Br4. The van der Waals surface area contributed by atoms with Crippen LogP contribution in [0.1, 0.15) is 0 Å². The fraction of sp³-hybridized carbons (Fsp3) is 0. The first kappa shape index (κ1) is 12.8. The molecule has 2 aromatic rings. The summed E-state index contributed by atoms with van der Waals surface area (Å²) in [5, 5.41) is 0. The van der Waals surface area contributed by atoms with Crippen LogP contribution in [0.5, 0.6) is 0 Å². The van der Waals surface area contributed by atoms with Gasteiger partial charge in [0.2, 0.25) is 0 Å². The van der Waals surface area contributed by atoms with E-state index in [-0.39, 0.29) is 0 Å². The molecule has 16 heavy (non-hydrogen) atoms. The lowest BCUT2D eigenvalue weighted by molar-refractivity contribution is 1.51. The van der Waals surface area contributed by atoms with Crippen molar-refractivity contribution >= 4 is 63.7 Å². The third-order valence-electron chi connectivity index (χ3n) is 2.17. The van der Waals surface area contributed by atoms with Crippen molar-refractivity contribution in [1.29, 1.82) is 0 Å². The number of benzene rings is 2. The van der Waals surface area contributed by atoms with E-state index in [1.54, 1.807) is 0 Å². The van der Waals surface area contributed by atoms with E-state index in [9.17, 15) is 0 Å². The van der Waals surface area contributed by atoms with Crippen LogP contribution < -0.4 is 0 Å². The summed E-state index contributed by atoms with van der Waals surface area (Å²) in [5.74, 6) is 0. The summed E-state index contributed by atoms with van der Waals surface area (Å²) in [6.45, 7) is 0. The lowest BCUT2D eigenvalue weighted by Crippen LogP contribution is -1.81. The zero-order valence-corrected chi connectivity index (χ0v) is 14.3. The van der Waals surface area contributed by atoms with Crippen molar-refractivity contribution in [3.05, 3.63) is 54.3 Å². The van der Waals surface area contributed by atoms with E-state index in [0.717, 1.165) is 17.9 Å². The molecule has 0 saturated heterocycles. The van der Waals surface area contributed by atoms with Crippen molar-refractivity contribution in [2.45, 2.75) is 0 Å². The molecule has 0 atom stereocenters. The van der Waals surface area contributed by atoms with Crippen LogP contribution in [0, 0.1) is 0 Å². The van der Waals surface area contributed by atoms with Crippen LogP contribution in [0.2, 0.25) is 0 Å². The summed E-state index contributed by atoms with van der Waals surface area (Å²) in [4.78, 5) is 0. The zero-order chi connectivity index (χ0) is 11.7. The first-order valence-electron chi connectivity index (χ1n) is 4.48. The van der Waals surface area contributed by atoms with E-state index in [1.807, 2.05) is 18.2 Å². The highest BCUT2D eigenvalue weighted by molar-refractivity contribution is 9.13. The first-order valence-corrected chi connectivity index (χ1v) is 7.65. The van der Waals surface area contributed by atoms with Crippen LogP contribution in [-0.2, 0) is 0 Å². The molecule has 82 valence electrons. The number of hydrogen-bond donors (Lipinski definition) is 0. The molecule has 0 heterocycles. The maximum Gasteiger partial charge on any atom is 0.0329 e. The minimum Gasteiger partial charge on any atom is -0.0532 e. The van der Waals surface area contributed by atoms with Crippen molar-refractivity contribution < 1.29 is 0 Å². The Balaban J connectivity index is 2.56. The fourth-order valence-electron chi connectivity index (χ4n) is 1.37. The van der Waals surface area contributed by atoms with E-state index in [0.29, 0.717) is 0 Å². The van der Waals surface area contributed by atoms with Gasteiger partial charge >= 0.3 is 0 Å². The zero-order valence-electron chi connectivity index (χ0n) is 7.98. The summed E-state index contributed by atoms with van der Waals surface area (Å²) < 4.78 is 4.25. The van der Waals surface area contributed by atoms with Crippen LogP contribution >= 0.6 is 63.7 Å². The van der Waals surface area contributed by atoms with Gasteiger partial charge < -0.3 is 0 Å². The Kier molecular flexibility index (Phi) is 4.27. The lowest BCUT2D eigenvalue weighted by atomic mass is 10.1. The molecule has 0 spiro atoms. The van der Waals surface area contributed by atoms with Crippen molar-refractivity contribution in [3.8, 4) is 11.1 Å². The molecule has 2 rings (SSSR count). The standard InChI is InChI=1S/C12H6Br4/c13-8-3-1-7(2-4-8)9-5-11(15)12(16)6-10(9)14/h1-6H. The van der Waals surface area contributed by atoms with Gasteiger partial charge in [-0.3, -0.25) is 0 Å². The minimum absolute atomic E-state index is 1.04. The smallest absolute Gasteiger partial charge is 0.0329 e. The van der Waals surface area contributed by atoms with Gasteiger partial charge in [-0.2, -0.15) is 0 Å². The van der Waals surface area contributed by atoms with Crippen molar-refractivity contribution in [2.75, 3.05) is 0 Å². The van der Waals surface area contributed by atoms with Crippen LogP contribution in [0.15, 0.2) is 54.3 Å². The second-order valence-corrected chi connectivity index (χ2v) is 6.73. The maximum atomic E-state index is 3.57. The van der Waals surface area contributed by atoms with Gasteiger partial charge in [-0.1, -0.05) is 44.0 Å². The molecule has 2 aromatic carbocycles. The van der Waals surface area contributed by atoms with Crippen LogP contribution in [-0.4, -0.2) is 0 Å². The Labute approximate surface area is 128 Å². The molecule has 0 radical (unpaired) electrons. The van der Waals surface area contributed by atoms with Crippen molar-refractivity contribution in [3.63, 3.8) is 0 Å². The fourth-order valence-corrected chi connectivity index (χ4v) is 3.20. The predicted octanol–water partition coefficient (Wildman–Crippen LogP) is 6.40. The molecule has 0 aliphatic heterocycles. The molecule has 0 aliphatic rings. The third kappa shape index (κ3) is 2.78. The Morgan fingerprint density at radius 3 is 1.81 bits per heavy atom. The Morgan fingerprint density at radius 1 is 0.625 bits per heavy atom. The molecule has 0 amide bonds. The van der Waals surface area contributed by atoms with Crippen molar-refractivity contribution in [2.24, 2.45) is 0 Å². The van der Waals surface area contributed by atoms with Gasteiger partial charge in [0.05, 0.1) is 0 Å². The SMILES string of the molecule is Brc1ccc(-c2cc(Br)c(Br)cc2Br)cc1. The molecule has 0 fully saturated rings. The molecule has 0 N–H and O–H groups in total. The van der Waals surface area contributed by atoms with E-state index in [1.165, 1.54) is 11.1 Å². The first-order chi connectivity index (χ1) is 7.58. The average molecular weight is 470 g/mol. The van der Waals surface area contributed by atoms with E-state index >= 15 is 0 Å². The van der Waals surface area contributed by atoms with Gasteiger partial charge in [0.25, 0.3) is 0 Å². The van der Waals surface area contributed by atoms with E-state index in [4.69, 9.17) is 0 Å². The lowest BCUT2D eigenvalue weighted by Gasteiger charge is -2.07. The topological polar surface area (TPSA) is 0 Å². The molecular weight excluding hydrogens is 464 g/mol. The van der Waals surface area contributed by atoms with E-state index in [2.05, 4.69) is 81.9 Å². The summed E-state index contributed by atoms with van der Waals surface area (Å²) in [6, 6.07) is 12.4. The van der Waals surface area contributed by atoms with Gasteiger partial charge in [0.1, 0.15) is 0 Å². The summed E-state index contributed by atoms with van der Waals surface area (Å²) in [6.07, 6.45) is 0. The Bertz CT molecular complexity index is 517. The quantitative estimate of drug-likeness (QED) is 0.424. The highest BCUT2D eigenvalue weighted by atomic mass is 79.9.